The van der Waals surface area contributed by atoms with Gasteiger partial charge >= 0.3 is 0 Å². The van der Waals surface area contributed by atoms with Gasteiger partial charge in [-0.15, -0.1) is 0 Å². The summed E-state index contributed by atoms with van der Waals surface area (Å²) in [6, 6.07) is 11.1. The molecule has 0 aliphatic carbocycles. The minimum absolute atomic E-state index is 0.779. The van der Waals surface area contributed by atoms with Crippen LogP contribution in [-0.2, 0) is 19.6 Å². The summed E-state index contributed by atoms with van der Waals surface area (Å²) in [4.78, 5) is 6.93. The van der Waals surface area contributed by atoms with Gasteiger partial charge in [-0.2, -0.15) is 5.10 Å². The Balaban J connectivity index is 1.37. The molecule has 0 radical (unpaired) electrons. The monoisotopic (exact) mass is 410 g/mol. The van der Waals surface area contributed by atoms with Crippen LogP contribution < -0.4 is 10.6 Å². The van der Waals surface area contributed by atoms with Crippen LogP contribution in [0.1, 0.15) is 54.6 Å². The summed E-state index contributed by atoms with van der Waals surface area (Å²) < 4.78 is 2.07. The Morgan fingerprint density at radius 2 is 1.70 bits per heavy atom. The molecule has 1 fully saturated rings. The standard InChI is InChI=1S/C24H38N6/c1-20-17-21(2)30(28-20)16-8-13-26-24(25-3)27-18-22-9-11-23(12-10-22)19-29-14-6-4-5-7-15-29/h9-12,17H,4-8,13-16,18-19H2,1-3H3,(H2,25,26,27). The first-order chi connectivity index (χ1) is 14.6. The number of rotatable bonds is 8. The second-order valence-corrected chi connectivity index (χ2v) is 8.36. The predicted molar refractivity (Wildman–Crippen MR) is 125 cm³/mol. The second-order valence-electron chi connectivity index (χ2n) is 8.36. The minimum atomic E-state index is 0.779. The van der Waals surface area contributed by atoms with E-state index in [1.165, 1.54) is 55.6 Å². The van der Waals surface area contributed by atoms with E-state index in [1.807, 2.05) is 14.0 Å². The number of hydrogen-bond acceptors (Lipinski definition) is 3. The lowest BCUT2D eigenvalue weighted by atomic mass is 10.1. The summed E-state index contributed by atoms with van der Waals surface area (Å²) in [7, 11) is 1.82. The SMILES string of the molecule is CN=C(NCCCn1nc(C)cc1C)NCc1ccc(CN2CCCCCC2)cc1. The molecule has 2 heterocycles. The fourth-order valence-electron chi connectivity index (χ4n) is 4.06. The summed E-state index contributed by atoms with van der Waals surface area (Å²) >= 11 is 0. The molecule has 3 rings (SSSR count). The number of aryl methyl sites for hydroxylation is 3. The summed E-state index contributed by atoms with van der Waals surface area (Å²) in [6.45, 7) is 10.3. The van der Waals surface area contributed by atoms with E-state index < -0.39 is 0 Å². The first-order valence-corrected chi connectivity index (χ1v) is 11.4. The molecule has 30 heavy (non-hydrogen) atoms. The molecule has 164 valence electrons. The van der Waals surface area contributed by atoms with E-state index in [9.17, 15) is 0 Å². The summed E-state index contributed by atoms with van der Waals surface area (Å²) in [5, 5.41) is 11.3. The van der Waals surface area contributed by atoms with Crippen molar-refractivity contribution in [1.82, 2.24) is 25.3 Å². The number of hydrogen-bond donors (Lipinski definition) is 2. The van der Waals surface area contributed by atoms with Gasteiger partial charge in [0.15, 0.2) is 5.96 Å². The van der Waals surface area contributed by atoms with Crippen molar-refractivity contribution >= 4 is 5.96 Å². The lowest BCUT2D eigenvalue weighted by Crippen LogP contribution is -2.37. The van der Waals surface area contributed by atoms with Crippen LogP contribution >= 0.6 is 0 Å². The number of guanidine groups is 1. The Hall–Kier alpha value is -2.34. The van der Waals surface area contributed by atoms with E-state index in [0.717, 1.165) is 44.3 Å². The predicted octanol–water partition coefficient (Wildman–Crippen LogP) is 3.63. The molecule has 1 aliphatic heterocycles. The molecule has 1 aliphatic rings. The maximum atomic E-state index is 4.51. The molecule has 0 saturated carbocycles. The van der Waals surface area contributed by atoms with Crippen molar-refractivity contribution in [1.29, 1.82) is 0 Å². The van der Waals surface area contributed by atoms with E-state index in [4.69, 9.17) is 0 Å². The lowest BCUT2D eigenvalue weighted by molar-refractivity contribution is 0.277. The van der Waals surface area contributed by atoms with Crippen LogP contribution in [0, 0.1) is 13.8 Å². The number of aliphatic imine (C=N–C) groups is 1. The van der Waals surface area contributed by atoms with Crippen LogP contribution in [0.4, 0.5) is 0 Å². The number of likely N-dealkylation sites (tertiary alicyclic amines) is 1. The quantitative estimate of drug-likeness (QED) is 0.396. The van der Waals surface area contributed by atoms with Gasteiger partial charge in [0.05, 0.1) is 5.69 Å². The number of nitrogens with zero attached hydrogens (tertiary/aromatic N) is 4. The first kappa shape index (κ1) is 22.3. The van der Waals surface area contributed by atoms with Crippen molar-refractivity contribution in [2.75, 3.05) is 26.7 Å². The molecule has 0 spiro atoms. The Morgan fingerprint density at radius 1 is 1.00 bits per heavy atom. The van der Waals surface area contributed by atoms with Crippen LogP contribution in [0.3, 0.4) is 0 Å². The minimum Gasteiger partial charge on any atom is -0.356 e. The van der Waals surface area contributed by atoms with E-state index >= 15 is 0 Å². The van der Waals surface area contributed by atoms with Crippen LogP contribution in [-0.4, -0.2) is 47.3 Å². The molecule has 6 heteroatoms. The molecule has 2 N–H and O–H groups in total. The van der Waals surface area contributed by atoms with Crippen molar-refractivity contribution in [3.05, 3.63) is 52.8 Å². The molecule has 6 nitrogen and oxygen atoms in total. The highest BCUT2D eigenvalue weighted by Gasteiger charge is 2.09. The lowest BCUT2D eigenvalue weighted by Gasteiger charge is -2.20. The Labute approximate surface area is 181 Å². The van der Waals surface area contributed by atoms with Crippen LogP contribution in [0.15, 0.2) is 35.3 Å². The molecule has 1 saturated heterocycles. The second kappa shape index (κ2) is 11.7. The normalized spacial score (nSPS) is 15.8. The average molecular weight is 411 g/mol. The molecule has 1 aromatic carbocycles. The Kier molecular flexibility index (Phi) is 8.75. The van der Waals surface area contributed by atoms with Gasteiger partial charge in [-0.1, -0.05) is 37.1 Å². The van der Waals surface area contributed by atoms with Crippen LogP contribution in [0.25, 0.3) is 0 Å². The Morgan fingerprint density at radius 3 is 2.33 bits per heavy atom. The van der Waals surface area contributed by atoms with E-state index in [1.54, 1.807) is 0 Å². The highest BCUT2D eigenvalue weighted by atomic mass is 15.3. The third-order valence-electron chi connectivity index (χ3n) is 5.75. The maximum absolute atomic E-state index is 4.51. The molecule has 2 aromatic rings. The number of aromatic nitrogens is 2. The van der Waals surface area contributed by atoms with Gasteiger partial charge < -0.3 is 10.6 Å². The summed E-state index contributed by atoms with van der Waals surface area (Å²) in [5.41, 5.74) is 4.98. The molecular weight excluding hydrogens is 372 g/mol. The van der Waals surface area contributed by atoms with Gasteiger partial charge in [0.1, 0.15) is 0 Å². The molecule has 0 unspecified atom stereocenters. The van der Waals surface area contributed by atoms with E-state index in [-0.39, 0.29) is 0 Å². The van der Waals surface area contributed by atoms with Crippen molar-refractivity contribution < 1.29 is 0 Å². The van der Waals surface area contributed by atoms with Gasteiger partial charge in [0, 0.05) is 38.9 Å². The first-order valence-electron chi connectivity index (χ1n) is 11.4. The smallest absolute Gasteiger partial charge is 0.191 e. The Bertz CT molecular complexity index is 785. The number of nitrogens with one attached hydrogen (secondary N) is 2. The third-order valence-corrected chi connectivity index (χ3v) is 5.75. The zero-order valence-electron chi connectivity index (χ0n) is 19.0. The maximum Gasteiger partial charge on any atom is 0.191 e. The fraction of sp³-hybridized carbons (Fsp3) is 0.583. The molecular formula is C24H38N6. The van der Waals surface area contributed by atoms with Crippen LogP contribution in [0.5, 0.6) is 0 Å². The largest absolute Gasteiger partial charge is 0.356 e. The van der Waals surface area contributed by atoms with Crippen molar-refractivity contribution in [3.8, 4) is 0 Å². The molecule has 1 aromatic heterocycles. The molecule has 0 bridgehead atoms. The van der Waals surface area contributed by atoms with Gasteiger partial charge in [0.25, 0.3) is 0 Å². The summed E-state index contributed by atoms with van der Waals surface area (Å²) in [6.07, 6.45) is 6.47. The van der Waals surface area contributed by atoms with E-state index in [2.05, 4.69) is 67.6 Å². The highest BCUT2D eigenvalue weighted by Crippen LogP contribution is 2.14. The van der Waals surface area contributed by atoms with Crippen molar-refractivity contribution in [2.45, 2.75) is 65.6 Å². The van der Waals surface area contributed by atoms with Crippen molar-refractivity contribution in [3.63, 3.8) is 0 Å². The molecule has 0 atom stereocenters. The zero-order valence-corrected chi connectivity index (χ0v) is 19.0. The van der Waals surface area contributed by atoms with Crippen molar-refractivity contribution in [2.24, 2.45) is 4.99 Å². The van der Waals surface area contributed by atoms with Gasteiger partial charge in [-0.05, 0) is 63.4 Å². The topological polar surface area (TPSA) is 57.5 Å². The van der Waals surface area contributed by atoms with Gasteiger partial charge in [0.2, 0.25) is 0 Å². The van der Waals surface area contributed by atoms with E-state index in [0.29, 0.717) is 0 Å². The van der Waals surface area contributed by atoms with Gasteiger partial charge in [-0.3, -0.25) is 14.6 Å². The summed E-state index contributed by atoms with van der Waals surface area (Å²) in [5.74, 6) is 0.844. The highest BCUT2D eigenvalue weighted by molar-refractivity contribution is 5.79. The fourth-order valence-corrected chi connectivity index (χ4v) is 4.06. The third kappa shape index (κ3) is 7.17. The average Bonchev–Trinajstić information content (AvgIpc) is 2.92. The molecule has 0 amide bonds. The zero-order chi connectivity index (χ0) is 21.2. The van der Waals surface area contributed by atoms with Crippen LogP contribution in [0.2, 0.25) is 0 Å². The number of benzene rings is 1. The van der Waals surface area contributed by atoms with Gasteiger partial charge in [-0.25, -0.2) is 0 Å².